The Morgan fingerprint density at radius 3 is 2.67 bits per heavy atom. The van der Waals surface area contributed by atoms with E-state index in [4.69, 9.17) is 0 Å². The van der Waals surface area contributed by atoms with Crippen molar-refractivity contribution in [2.75, 3.05) is 5.32 Å². The van der Waals surface area contributed by atoms with E-state index in [-0.39, 0.29) is 0 Å². The molecule has 2 rings (SSSR count). The number of benzene rings is 1. The Morgan fingerprint density at radius 2 is 2.07 bits per heavy atom. The molecule has 0 aliphatic carbocycles. The fraction of sp³-hybridized carbons (Fsp3) is 0.200. The van der Waals surface area contributed by atoms with Gasteiger partial charge in [-0.2, -0.15) is 0 Å². The first-order valence-corrected chi connectivity index (χ1v) is 5.78. The van der Waals surface area contributed by atoms with Gasteiger partial charge >= 0.3 is 0 Å². The molecule has 3 nitrogen and oxygen atoms in total. The average molecular weight is 237 g/mol. The van der Waals surface area contributed by atoms with E-state index in [1.54, 1.807) is 0 Å². The number of hydrogen-bond donors (Lipinski definition) is 2. The molecule has 0 aliphatic heterocycles. The molecule has 0 bridgehead atoms. The van der Waals surface area contributed by atoms with Gasteiger partial charge in [0.15, 0.2) is 4.34 Å². The van der Waals surface area contributed by atoms with Crippen LogP contribution >= 0.6 is 24.0 Å². The predicted molar refractivity (Wildman–Crippen MR) is 66.4 cm³/mol. The van der Waals surface area contributed by atoms with Crippen molar-refractivity contribution in [3.63, 3.8) is 0 Å². The molecule has 78 valence electrons. The Bertz CT molecular complexity index is 479. The maximum absolute atomic E-state index is 4.12. The third-order valence-corrected chi connectivity index (χ3v) is 3.04. The van der Waals surface area contributed by atoms with Gasteiger partial charge in [0.1, 0.15) is 0 Å². The Hall–Kier alpha value is -1.07. The molecular formula is C10H11N3S2. The van der Waals surface area contributed by atoms with Crippen molar-refractivity contribution in [1.82, 2.24) is 10.2 Å². The van der Waals surface area contributed by atoms with Crippen molar-refractivity contribution in [3.05, 3.63) is 29.3 Å². The van der Waals surface area contributed by atoms with E-state index < -0.39 is 0 Å². The standard InChI is InChI=1S/C10H11N3S2/c1-6-3-4-8(7(2)5-6)11-9-12-13-10(14)15-9/h3-5H,1-2H3,(H,11,12)(H,13,14). The molecule has 1 aromatic carbocycles. The minimum absolute atomic E-state index is 0.669. The lowest BCUT2D eigenvalue weighted by Gasteiger charge is -2.06. The molecule has 0 atom stereocenters. The maximum atomic E-state index is 4.12. The van der Waals surface area contributed by atoms with Gasteiger partial charge in [-0.1, -0.05) is 29.0 Å². The second-order valence-electron chi connectivity index (χ2n) is 3.33. The highest BCUT2D eigenvalue weighted by molar-refractivity contribution is 7.82. The van der Waals surface area contributed by atoms with E-state index in [0.29, 0.717) is 4.34 Å². The first kappa shape index (κ1) is 10.4. The molecule has 0 fully saturated rings. The number of aromatic nitrogens is 2. The minimum Gasteiger partial charge on any atom is -0.330 e. The number of nitrogens with one attached hydrogen (secondary N) is 1. The molecule has 15 heavy (non-hydrogen) atoms. The van der Waals surface area contributed by atoms with Crippen LogP contribution in [-0.2, 0) is 0 Å². The van der Waals surface area contributed by atoms with Gasteiger partial charge in [-0.15, -0.1) is 22.8 Å². The third-order valence-electron chi connectivity index (χ3n) is 2.04. The molecule has 5 heteroatoms. The number of hydrogen-bond acceptors (Lipinski definition) is 5. The van der Waals surface area contributed by atoms with Crippen molar-refractivity contribution < 1.29 is 0 Å². The van der Waals surface area contributed by atoms with Crippen LogP contribution in [0.4, 0.5) is 10.8 Å². The van der Waals surface area contributed by atoms with E-state index in [1.807, 2.05) is 6.07 Å². The SMILES string of the molecule is Cc1ccc(Nc2nnc(S)s2)c(C)c1. The average Bonchev–Trinajstić information content (AvgIpc) is 2.56. The predicted octanol–water partition coefficient (Wildman–Crippen LogP) is 3.19. The van der Waals surface area contributed by atoms with Crippen LogP contribution in [0, 0.1) is 13.8 Å². The van der Waals surface area contributed by atoms with Crippen molar-refractivity contribution in [2.45, 2.75) is 18.2 Å². The first-order valence-electron chi connectivity index (χ1n) is 4.52. The van der Waals surface area contributed by atoms with E-state index in [0.717, 1.165) is 10.8 Å². The molecule has 0 spiro atoms. The maximum Gasteiger partial charge on any atom is 0.210 e. The highest BCUT2D eigenvalue weighted by atomic mass is 32.2. The summed E-state index contributed by atoms with van der Waals surface area (Å²) in [5, 5.41) is 11.8. The van der Waals surface area contributed by atoms with Crippen LogP contribution in [-0.4, -0.2) is 10.2 Å². The molecule has 1 heterocycles. The number of rotatable bonds is 2. The van der Waals surface area contributed by atoms with Crippen molar-refractivity contribution in [2.24, 2.45) is 0 Å². The van der Waals surface area contributed by atoms with Crippen LogP contribution in [0.2, 0.25) is 0 Å². The Labute approximate surface area is 98.0 Å². The van der Waals surface area contributed by atoms with Gasteiger partial charge < -0.3 is 5.32 Å². The molecule has 0 amide bonds. The Balaban J connectivity index is 2.24. The lowest BCUT2D eigenvalue weighted by atomic mass is 10.1. The molecule has 1 N–H and O–H groups in total. The summed E-state index contributed by atoms with van der Waals surface area (Å²) in [6.45, 7) is 4.14. The van der Waals surface area contributed by atoms with Gasteiger partial charge in [0, 0.05) is 5.69 Å². The summed E-state index contributed by atoms with van der Waals surface area (Å²) in [5.74, 6) is 0. The summed E-state index contributed by atoms with van der Waals surface area (Å²) in [7, 11) is 0. The largest absolute Gasteiger partial charge is 0.330 e. The molecular weight excluding hydrogens is 226 g/mol. The van der Waals surface area contributed by atoms with Crippen molar-refractivity contribution in [1.29, 1.82) is 0 Å². The topological polar surface area (TPSA) is 37.8 Å². The minimum atomic E-state index is 0.669. The third kappa shape index (κ3) is 2.49. The van der Waals surface area contributed by atoms with Gasteiger partial charge in [-0.3, -0.25) is 0 Å². The number of anilines is 2. The summed E-state index contributed by atoms with van der Waals surface area (Å²) in [6, 6.07) is 6.24. The molecule has 0 aliphatic rings. The van der Waals surface area contributed by atoms with Crippen molar-refractivity contribution >= 4 is 34.8 Å². The molecule has 1 aromatic heterocycles. The number of thiol groups is 1. The molecule has 0 radical (unpaired) electrons. The summed E-state index contributed by atoms with van der Waals surface area (Å²) < 4.78 is 0.669. The van der Waals surface area contributed by atoms with Gasteiger partial charge in [0.2, 0.25) is 5.13 Å². The fourth-order valence-electron chi connectivity index (χ4n) is 1.34. The van der Waals surface area contributed by atoms with Crippen LogP contribution < -0.4 is 5.32 Å². The molecule has 0 unspecified atom stereocenters. The zero-order valence-corrected chi connectivity index (χ0v) is 10.2. The second kappa shape index (κ2) is 4.20. The van der Waals surface area contributed by atoms with E-state index >= 15 is 0 Å². The lowest BCUT2D eigenvalue weighted by Crippen LogP contribution is -1.92. The smallest absolute Gasteiger partial charge is 0.210 e. The van der Waals surface area contributed by atoms with Crippen LogP contribution in [0.1, 0.15) is 11.1 Å². The highest BCUT2D eigenvalue weighted by Crippen LogP contribution is 2.24. The zero-order chi connectivity index (χ0) is 10.8. The molecule has 0 saturated carbocycles. The normalized spacial score (nSPS) is 10.3. The zero-order valence-electron chi connectivity index (χ0n) is 8.48. The molecule has 0 saturated heterocycles. The monoisotopic (exact) mass is 237 g/mol. The highest BCUT2D eigenvalue weighted by Gasteiger charge is 2.03. The Morgan fingerprint density at radius 1 is 1.27 bits per heavy atom. The van der Waals surface area contributed by atoms with Gasteiger partial charge in [-0.25, -0.2) is 0 Å². The second-order valence-corrected chi connectivity index (χ2v) is 5.04. The number of nitrogens with zero attached hydrogens (tertiary/aromatic N) is 2. The summed E-state index contributed by atoms with van der Waals surface area (Å²) in [6.07, 6.45) is 0. The van der Waals surface area contributed by atoms with E-state index in [9.17, 15) is 0 Å². The van der Waals surface area contributed by atoms with Gasteiger partial charge in [0.25, 0.3) is 0 Å². The van der Waals surface area contributed by atoms with Crippen LogP contribution in [0.15, 0.2) is 22.5 Å². The lowest BCUT2D eigenvalue weighted by molar-refractivity contribution is 1.02. The van der Waals surface area contributed by atoms with Crippen LogP contribution in [0.25, 0.3) is 0 Å². The fourth-order valence-corrected chi connectivity index (χ4v) is 2.14. The summed E-state index contributed by atoms with van der Waals surface area (Å²) in [4.78, 5) is 0. The van der Waals surface area contributed by atoms with Crippen molar-refractivity contribution in [3.8, 4) is 0 Å². The first-order chi connectivity index (χ1) is 7.15. The van der Waals surface area contributed by atoms with Crippen LogP contribution in [0.5, 0.6) is 0 Å². The van der Waals surface area contributed by atoms with Gasteiger partial charge in [0.05, 0.1) is 0 Å². The summed E-state index contributed by atoms with van der Waals surface area (Å²) in [5.41, 5.74) is 3.51. The molecule has 2 aromatic rings. The quantitative estimate of drug-likeness (QED) is 0.788. The summed E-state index contributed by atoms with van der Waals surface area (Å²) >= 11 is 5.55. The van der Waals surface area contributed by atoms with Gasteiger partial charge in [-0.05, 0) is 25.5 Å². The number of aryl methyl sites for hydroxylation is 2. The van der Waals surface area contributed by atoms with E-state index in [2.05, 4.69) is 54.1 Å². The van der Waals surface area contributed by atoms with Crippen LogP contribution in [0.3, 0.4) is 0 Å². The Kier molecular flexibility index (Phi) is 2.93. The van der Waals surface area contributed by atoms with E-state index in [1.165, 1.54) is 22.5 Å².